The largest absolute Gasteiger partial charge is 0.481 e. The van der Waals surface area contributed by atoms with Gasteiger partial charge in [0.15, 0.2) is 0 Å². The van der Waals surface area contributed by atoms with Crippen LogP contribution in [-0.4, -0.2) is 29.2 Å². The van der Waals surface area contributed by atoms with Gasteiger partial charge in [-0.1, -0.05) is 24.3 Å². The van der Waals surface area contributed by atoms with E-state index in [2.05, 4.69) is 4.98 Å². The lowest BCUT2D eigenvalue weighted by molar-refractivity contribution is 0.0516. The van der Waals surface area contributed by atoms with Gasteiger partial charge in [0.25, 0.3) is 0 Å². The van der Waals surface area contributed by atoms with Crippen molar-refractivity contribution in [3.63, 3.8) is 0 Å². The summed E-state index contributed by atoms with van der Waals surface area (Å²) in [7, 11) is 1.51. The lowest BCUT2D eigenvalue weighted by Crippen LogP contribution is -2.15. The fraction of sp³-hybridized carbons (Fsp3) is 0.185. The number of esters is 1. The van der Waals surface area contributed by atoms with E-state index in [9.17, 15) is 13.6 Å². The number of fused-ring (bicyclic) bond motifs is 1. The minimum atomic E-state index is -0.692. The molecule has 0 amide bonds. The molecule has 0 spiro atoms. The van der Waals surface area contributed by atoms with Crippen LogP contribution in [0.1, 0.15) is 35.5 Å². The molecule has 2 heterocycles. The van der Waals surface area contributed by atoms with Gasteiger partial charge >= 0.3 is 5.97 Å². The first-order chi connectivity index (χ1) is 16.5. The molecule has 4 rings (SSSR count). The Morgan fingerprint density at radius 3 is 2.68 bits per heavy atom. The average Bonchev–Trinajstić information content (AvgIpc) is 3.14. The number of hydrogen-bond acceptors (Lipinski definition) is 4. The molecule has 2 aromatic heterocycles. The van der Waals surface area contributed by atoms with Crippen LogP contribution in [0.5, 0.6) is 5.88 Å². The first-order valence-corrected chi connectivity index (χ1v) is 10.9. The van der Waals surface area contributed by atoms with E-state index in [0.717, 1.165) is 17.0 Å². The topological polar surface area (TPSA) is 53.4 Å². The Bertz CT molecular complexity index is 1390. The number of benzene rings is 2. The van der Waals surface area contributed by atoms with Crippen molar-refractivity contribution in [3.05, 3.63) is 89.3 Å². The highest BCUT2D eigenvalue weighted by molar-refractivity contribution is 6.10. The maximum absolute atomic E-state index is 14.6. The van der Waals surface area contributed by atoms with Crippen LogP contribution >= 0.6 is 0 Å². The van der Waals surface area contributed by atoms with Crippen LogP contribution in [0.25, 0.3) is 28.1 Å². The fourth-order valence-electron chi connectivity index (χ4n) is 4.08. The molecule has 0 fully saturated rings. The van der Waals surface area contributed by atoms with Crippen LogP contribution in [0.3, 0.4) is 0 Å². The number of ether oxygens (including phenoxy) is 2. The van der Waals surface area contributed by atoms with Crippen LogP contribution in [0, 0.1) is 11.6 Å². The molecule has 0 aliphatic rings. The summed E-state index contributed by atoms with van der Waals surface area (Å²) in [6.45, 7) is 3.81. The standard InChI is InChI=1S/C27H24F2N2O3/c1-4-7-17-9-12-23-21(14-17)24(20-8-6-13-30-26(20)33-3)25(27(32)34-5-2)31(23)16-18-10-11-19(28)15-22(18)29/h4,6-15H,5,16H2,1-3H3. The number of rotatable bonds is 7. The van der Waals surface area contributed by atoms with Crippen molar-refractivity contribution in [2.75, 3.05) is 13.7 Å². The van der Waals surface area contributed by atoms with Gasteiger partial charge in [-0.15, -0.1) is 0 Å². The lowest BCUT2D eigenvalue weighted by atomic mass is 10.0. The lowest BCUT2D eigenvalue weighted by Gasteiger charge is -2.13. The van der Waals surface area contributed by atoms with Gasteiger partial charge in [-0.2, -0.15) is 0 Å². The SMILES string of the molecule is CC=Cc1ccc2c(c1)c(-c1cccnc1OC)c(C(=O)OCC)n2Cc1ccc(F)cc1F. The van der Waals surface area contributed by atoms with E-state index in [1.807, 2.05) is 43.3 Å². The third kappa shape index (κ3) is 4.29. The van der Waals surface area contributed by atoms with Crippen LogP contribution in [0.4, 0.5) is 8.78 Å². The Hall–Kier alpha value is -4.00. The molecule has 5 nitrogen and oxygen atoms in total. The summed E-state index contributed by atoms with van der Waals surface area (Å²) in [4.78, 5) is 17.6. The molecule has 0 bridgehead atoms. The fourth-order valence-corrected chi connectivity index (χ4v) is 4.08. The van der Waals surface area contributed by atoms with Gasteiger partial charge in [-0.05, 0) is 49.7 Å². The minimum Gasteiger partial charge on any atom is -0.481 e. The number of halogens is 2. The van der Waals surface area contributed by atoms with Crippen LogP contribution in [0.2, 0.25) is 0 Å². The number of aromatic nitrogens is 2. The van der Waals surface area contributed by atoms with Gasteiger partial charge in [-0.3, -0.25) is 0 Å². The predicted molar refractivity (Wildman–Crippen MR) is 128 cm³/mol. The van der Waals surface area contributed by atoms with E-state index >= 15 is 0 Å². The summed E-state index contributed by atoms with van der Waals surface area (Å²) in [6, 6.07) is 12.7. The molecular weight excluding hydrogens is 438 g/mol. The highest BCUT2D eigenvalue weighted by Gasteiger charge is 2.27. The Morgan fingerprint density at radius 1 is 1.15 bits per heavy atom. The quantitative estimate of drug-likeness (QED) is 0.305. The Kier molecular flexibility index (Phi) is 6.72. The van der Waals surface area contributed by atoms with Crippen molar-refractivity contribution < 1.29 is 23.0 Å². The molecular formula is C27H24F2N2O3. The van der Waals surface area contributed by atoms with Crippen molar-refractivity contribution in [1.29, 1.82) is 0 Å². The van der Waals surface area contributed by atoms with E-state index in [1.165, 1.54) is 19.2 Å². The number of pyridine rings is 1. The van der Waals surface area contributed by atoms with Gasteiger partial charge in [-0.25, -0.2) is 18.6 Å². The maximum atomic E-state index is 14.6. The van der Waals surface area contributed by atoms with Gasteiger partial charge in [0.05, 0.1) is 20.3 Å². The Morgan fingerprint density at radius 2 is 1.97 bits per heavy atom. The molecule has 0 atom stereocenters. The number of allylic oxidation sites excluding steroid dienone is 1. The highest BCUT2D eigenvalue weighted by atomic mass is 19.1. The van der Waals surface area contributed by atoms with Crippen molar-refractivity contribution in [3.8, 4) is 17.0 Å². The number of hydrogen-bond donors (Lipinski definition) is 0. The molecule has 0 radical (unpaired) electrons. The zero-order valence-corrected chi connectivity index (χ0v) is 19.1. The normalized spacial score (nSPS) is 11.3. The number of methoxy groups -OCH3 is 1. The van der Waals surface area contributed by atoms with Crippen LogP contribution in [-0.2, 0) is 11.3 Å². The summed E-state index contributed by atoms with van der Waals surface area (Å²) in [5, 5.41) is 0.757. The monoisotopic (exact) mass is 462 g/mol. The molecule has 0 N–H and O–H groups in total. The van der Waals surface area contributed by atoms with E-state index < -0.39 is 17.6 Å². The number of nitrogens with zero attached hydrogens (tertiary/aromatic N) is 2. The van der Waals surface area contributed by atoms with Gasteiger partial charge in [0.2, 0.25) is 5.88 Å². The highest BCUT2D eigenvalue weighted by Crippen LogP contribution is 2.40. The Labute approximate surface area is 196 Å². The third-order valence-corrected chi connectivity index (χ3v) is 5.49. The van der Waals surface area contributed by atoms with E-state index in [1.54, 1.807) is 23.8 Å². The molecule has 174 valence electrons. The smallest absolute Gasteiger partial charge is 0.355 e. The summed E-state index contributed by atoms with van der Waals surface area (Å²) >= 11 is 0. The van der Waals surface area contributed by atoms with Crippen LogP contribution in [0.15, 0.2) is 60.8 Å². The predicted octanol–water partition coefficient (Wildman–Crippen LogP) is 6.25. The molecule has 2 aromatic carbocycles. The van der Waals surface area contributed by atoms with E-state index in [-0.39, 0.29) is 24.4 Å². The van der Waals surface area contributed by atoms with Gasteiger partial charge in [0, 0.05) is 39.9 Å². The first kappa shape index (κ1) is 23.2. The second-order valence-corrected chi connectivity index (χ2v) is 7.60. The second kappa shape index (κ2) is 9.87. The minimum absolute atomic E-state index is 0.00228. The zero-order valence-electron chi connectivity index (χ0n) is 19.1. The van der Waals surface area contributed by atoms with E-state index in [0.29, 0.717) is 22.5 Å². The zero-order chi connectivity index (χ0) is 24.2. The number of carbonyl (C=O) groups excluding carboxylic acids is 1. The molecule has 0 saturated heterocycles. The maximum Gasteiger partial charge on any atom is 0.355 e. The summed E-state index contributed by atoms with van der Waals surface area (Å²) < 4.78 is 40.7. The molecule has 4 aromatic rings. The summed E-state index contributed by atoms with van der Waals surface area (Å²) in [6.07, 6.45) is 5.47. The summed E-state index contributed by atoms with van der Waals surface area (Å²) in [5.74, 6) is -1.57. The van der Waals surface area contributed by atoms with Crippen molar-refractivity contribution in [1.82, 2.24) is 9.55 Å². The third-order valence-electron chi connectivity index (χ3n) is 5.49. The number of carbonyl (C=O) groups is 1. The molecule has 0 aliphatic carbocycles. The average molecular weight is 462 g/mol. The van der Waals surface area contributed by atoms with Crippen molar-refractivity contribution >= 4 is 22.9 Å². The first-order valence-electron chi connectivity index (χ1n) is 10.9. The molecule has 0 saturated carbocycles. The van der Waals surface area contributed by atoms with Crippen molar-refractivity contribution in [2.45, 2.75) is 20.4 Å². The van der Waals surface area contributed by atoms with Crippen LogP contribution < -0.4 is 4.74 Å². The van der Waals surface area contributed by atoms with Crippen molar-refractivity contribution in [2.24, 2.45) is 0 Å². The molecule has 0 unspecified atom stereocenters. The van der Waals surface area contributed by atoms with E-state index in [4.69, 9.17) is 9.47 Å². The van der Waals surface area contributed by atoms with Gasteiger partial charge < -0.3 is 14.0 Å². The summed E-state index contributed by atoms with van der Waals surface area (Å²) in [5.41, 5.74) is 3.29. The molecule has 34 heavy (non-hydrogen) atoms. The second-order valence-electron chi connectivity index (χ2n) is 7.60. The molecule has 0 aliphatic heterocycles. The van der Waals surface area contributed by atoms with Gasteiger partial charge in [0.1, 0.15) is 17.3 Å². The molecule has 7 heteroatoms. The Balaban J connectivity index is 2.09.